The summed E-state index contributed by atoms with van der Waals surface area (Å²) in [5.74, 6) is 1.06. The summed E-state index contributed by atoms with van der Waals surface area (Å²) in [6, 6.07) is 31.9. The van der Waals surface area contributed by atoms with E-state index in [2.05, 4.69) is 10.6 Å². The van der Waals surface area contributed by atoms with E-state index in [1.807, 2.05) is 60.7 Å². The molecule has 4 aromatic carbocycles. The molecule has 188 valence electrons. The minimum atomic E-state index is -0.434. The van der Waals surface area contributed by atoms with Crippen molar-refractivity contribution in [3.63, 3.8) is 0 Å². The molecule has 38 heavy (non-hydrogen) atoms. The van der Waals surface area contributed by atoms with Gasteiger partial charge in [0, 0.05) is 29.3 Å². The van der Waals surface area contributed by atoms with E-state index in [0.717, 1.165) is 11.3 Å². The predicted molar refractivity (Wildman–Crippen MR) is 146 cm³/mol. The maximum Gasteiger partial charge on any atom is 0.269 e. The number of nitrogens with one attached hydrogen (secondary N) is 2. The second-order valence-electron chi connectivity index (χ2n) is 8.32. The molecule has 0 aliphatic rings. The lowest BCUT2D eigenvalue weighted by Gasteiger charge is -2.14. The molecule has 0 fully saturated rings. The number of benzene rings is 4. The molecule has 0 aliphatic carbocycles. The number of rotatable bonds is 8. The molecule has 0 radical (unpaired) electrons. The lowest BCUT2D eigenvalue weighted by Crippen LogP contribution is -2.13. The van der Waals surface area contributed by atoms with E-state index >= 15 is 0 Å². The van der Waals surface area contributed by atoms with Gasteiger partial charge in [-0.2, -0.15) is 5.10 Å². The first-order valence-corrected chi connectivity index (χ1v) is 11.7. The van der Waals surface area contributed by atoms with Crippen molar-refractivity contribution in [2.45, 2.75) is 0 Å². The van der Waals surface area contributed by atoms with Gasteiger partial charge in [0.15, 0.2) is 0 Å². The lowest BCUT2D eigenvalue weighted by atomic mass is 10.1. The number of nitro benzene ring substituents is 1. The van der Waals surface area contributed by atoms with Crippen LogP contribution in [-0.2, 0) is 0 Å². The Morgan fingerprint density at radius 2 is 1.53 bits per heavy atom. The number of carbonyl (C=O) groups excluding carboxylic acids is 1. The first-order chi connectivity index (χ1) is 18.5. The molecule has 0 bridgehead atoms. The SMILES string of the molecule is COc1ccc(C(=O)Nc2ccccc2Nc2cc(-c3ccc([N+](=O)[O-])cc3)nn2-c2ccccc2)cc1. The summed E-state index contributed by atoms with van der Waals surface area (Å²) in [5, 5.41) is 22.2. The van der Waals surface area contributed by atoms with Crippen molar-refractivity contribution in [3.8, 4) is 22.7 Å². The van der Waals surface area contributed by atoms with Crippen molar-refractivity contribution < 1.29 is 14.5 Å². The van der Waals surface area contributed by atoms with Gasteiger partial charge in [-0.3, -0.25) is 14.9 Å². The van der Waals surface area contributed by atoms with Crippen LogP contribution in [0.25, 0.3) is 16.9 Å². The smallest absolute Gasteiger partial charge is 0.269 e. The fourth-order valence-electron chi connectivity index (χ4n) is 3.91. The van der Waals surface area contributed by atoms with E-state index in [1.165, 1.54) is 12.1 Å². The predicted octanol–water partition coefficient (Wildman–Crippen LogP) is 6.45. The molecule has 0 saturated carbocycles. The summed E-state index contributed by atoms with van der Waals surface area (Å²) in [6.45, 7) is 0. The minimum absolute atomic E-state index is 0.0103. The molecule has 1 heterocycles. The maximum absolute atomic E-state index is 12.9. The van der Waals surface area contributed by atoms with Gasteiger partial charge in [0.2, 0.25) is 0 Å². The summed E-state index contributed by atoms with van der Waals surface area (Å²) in [7, 11) is 1.57. The molecule has 1 amide bonds. The molecule has 0 saturated heterocycles. The second kappa shape index (κ2) is 10.7. The quantitative estimate of drug-likeness (QED) is 0.185. The van der Waals surface area contributed by atoms with Gasteiger partial charge in [0.05, 0.1) is 34.8 Å². The Hall–Kier alpha value is -5.44. The fraction of sp³-hybridized carbons (Fsp3) is 0.0345. The first-order valence-electron chi connectivity index (χ1n) is 11.7. The summed E-state index contributed by atoms with van der Waals surface area (Å²) >= 11 is 0. The molecule has 1 aromatic heterocycles. The van der Waals surface area contributed by atoms with Gasteiger partial charge in [0.1, 0.15) is 11.6 Å². The second-order valence-corrected chi connectivity index (χ2v) is 8.32. The number of hydrogen-bond acceptors (Lipinski definition) is 6. The van der Waals surface area contributed by atoms with Crippen molar-refractivity contribution in [2.24, 2.45) is 0 Å². The molecular formula is C29H23N5O4. The number of aromatic nitrogens is 2. The Morgan fingerprint density at radius 3 is 2.18 bits per heavy atom. The third kappa shape index (κ3) is 5.21. The minimum Gasteiger partial charge on any atom is -0.497 e. The number of ether oxygens (including phenoxy) is 1. The van der Waals surface area contributed by atoms with Crippen LogP contribution in [-0.4, -0.2) is 27.7 Å². The van der Waals surface area contributed by atoms with Crippen molar-refractivity contribution in [2.75, 3.05) is 17.7 Å². The van der Waals surface area contributed by atoms with Crippen molar-refractivity contribution >= 4 is 28.8 Å². The number of hydrogen-bond donors (Lipinski definition) is 2. The van der Waals surface area contributed by atoms with E-state index < -0.39 is 4.92 Å². The molecule has 0 spiro atoms. The number of para-hydroxylation sites is 3. The van der Waals surface area contributed by atoms with Crippen LogP contribution < -0.4 is 15.4 Å². The van der Waals surface area contributed by atoms with E-state index in [1.54, 1.807) is 48.2 Å². The van der Waals surface area contributed by atoms with E-state index in [9.17, 15) is 14.9 Å². The Labute approximate surface area is 218 Å². The van der Waals surface area contributed by atoms with Gasteiger partial charge in [-0.05, 0) is 60.7 Å². The summed E-state index contributed by atoms with van der Waals surface area (Å²) in [5.41, 5.74) is 3.95. The highest BCUT2D eigenvalue weighted by atomic mass is 16.6. The number of nitro groups is 1. The number of nitrogens with zero attached hydrogens (tertiary/aromatic N) is 3. The van der Waals surface area contributed by atoms with Crippen LogP contribution in [0.1, 0.15) is 10.4 Å². The standard InChI is InChI=1S/C29H23N5O4/c1-38-24-17-13-21(14-18-24)29(35)31-26-10-6-5-9-25(26)30-28-19-27(20-11-15-23(16-12-20)34(36)37)32-33(28)22-7-3-2-4-8-22/h2-19,30H,1H3,(H,31,35). The fourth-order valence-corrected chi connectivity index (χ4v) is 3.91. The highest BCUT2D eigenvalue weighted by Gasteiger charge is 2.15. The highest BCUT2D eigenvalue weighted by Crippen LogP contribution is 2.31. The average molecular weight is 506 g/mol. The van der Waals surface area contributed by atoms with E-state index in [4.69, 9.17) is 9.84 Å². The van der Waals surface area contributed by atoms with Crippen molar-refractivity contribution in [1.82, 2.24) is 9.78 Å². The molecule has 9 nitrogen and oxygen atoms in total. The zero-order valence-electron chi connectivity index (χ0n) is 20.4. The number of methoxy groups -OCH3 is 1. The topological polar surface area (TPSA) is 111 Å². The molecule has 2 N–H and O–H groups in total. The Morgan fingerprint density at radius 1 is 0.868 bits per heavy atom. The van der Waals surface area contributed by atoms with Crippen LogP contribution in [0.4, 0.5) is 22.9 Å². The summed E-state index contributed by atoms with van der Waals surface area (Å²) in [4.78, 5) is 23.6. The van der Waals surface area contributed by atoms with Crippen molar-refractivity contribution in [1.29, 1.82) is 0 Å². The number of amides is 1. The van der Waals surface area contributed by atoms with Crippen LogP contribution in [0.15, 0.2) is 109 Å². The molecule has 5 aromatic rings. The summed E-state index contributed by atoms with van der Waals surface area (Å²) in [6.07, 6.45) is 0. The Balaban J connectivity index is 1.47. The summed E-state index contributed by atoms with van der Waals surface area (Å²) < 4.78 is 6.92. The van der Waals surface area contributed by atoms with Crippen LogP contribution in [0, 0.1) is 10.1 Å². The average Bonchev–Trinajstić information content (AvgIpc) is 3.38. The van der Waals surface area contributed by atoms with Gasteiger partial charge in [-0.15, -0.1) is 0 Å². The molecule has 5 rings (SSSR count). The van der Waals surface area contributed by atoms with Crippen molar-refractivity contribution in [3.05, 3.63) is 125 Å². The zero-order chi connectivity index (χ0) is 26.5. The molecule has 0 aliphatic heterocycles. The highest BCUT2D eigenvalue weighted by molar-refractivity contribution is 6.06. The van der Waals surface area contributed by atoms with Crippen LogP contribution in [0.3, 0.4) is 0 Å². The first kappa shape index (κ1) is 24.3. The van der Waals surface area contributed by atoms with Gasteiger partial charge in [-0.1, -0.05) is 30.3 Å². The molecule has 9 heteroatoms. The van der Waals surface area contributed by atoms with Gasteiger partial charge in [0.25, 0.3) is 11.6 Å². The van der Waals surface area contributed by atoms with Gasteiger partial charge in [-0.25, -0.2) is 4.68 Å². The van der Waals surface area contributed by atoms with Gasteiger partial charge < -0.3 is 15.4 Å². The van der Waals surface area contributed by atoms with E-state index in [-0.39, 0.29) is 11.6 Å². The maximum atomic E-state index is 12.9. The Bertz CT molecular complexity index is 1580. The van der Waals surface area contributed by atoms with E-state index in [0.29, 0.717) is 34.2 Å². The molecule has 0 unspecified atom stereocenters. The third-order valence-electron chi connectivity index (χ3n) is 5.87. The van der Waals surface area contributed by atoms with Gasteiger partial charge >= 0.3 is 0 Å². The lowest BCUT2D eigenvalue weighted by molar-refractivity contribution is -0.384. The Kier molecular flexibility index (Phi) is 6.81. The van der Waals surface area contributed by atoms with Crippen LogP contribution in [0.5, 0.6) is 5.75 Å². The zero-order valence-corrected chi connectivity index (χ0v) is 20.4. The number of carbonyl (C=O) groups is 1. The third-order valence-corrected chi connectivity index (χ3v) is 5.87. The van der Waals surface area contributed by atoms with Crippen LogP contribution in [0.2, 0.25) is 0 Å². The normalized spacial score (nSPS) is 10.6. The number of anilines is 3. The monoisotopic (exact) mass is 505 g/mol. The largest absolute Gasteiger partial charge is 0.497 e. The van der Waals surface area contributed by atoms with Crippen LogP contribution >= 0.6 is 0 Å². The number of non-ortho nitro benzene ring substituents is 1. The molecule has 0 atom stereocenters. The molecular weight excluding hydrogens is 482 g/mol.